The first-order valence-electron chi connectivity index (χ1n) is 8.20. The zero-order valence-corrected chi connectivity index (χ0v) is 14.3. The monoisotopic (exact) mass is 366 g/mol. The molecule has 0 saturated carbocycles. The Morgan fingerprint density at radius 3 is 2.81 bits per heavy atom. The van der Waals surface area contributed by atoms with Gasteiger partial charge in [-0.25, -0.2) is 9.07 Å². The van der Waals surface area contributed by atoms with Gasteiger partial charge in [-0.3, -0.25) is 9.59 Å². The van der Waals surface area contributed by atoms with Gasteiger partial charge in [-0.15, -0.1) is 0 Å². The number of carbonyl (C=O) groups excluding carboxylic acids is 2. The number of ether oxygens (including phenoxy) is 1. The standard InChI is InChI=1S/C19H15FN4O3/c1-11-15(9-21-24(11)14-5-2-12(20)3-6-14)19(26)22-13-4-7-17-16(8-13)23-18(25)10-27-17/h2-9H,10H2,1H3,(H,22,26)(H,23,25). The minimum atomic E-state index is -0.344. The Kier molecular flexibility index (Phi) is 4.08. The van der Waals surface area contributed by atoms with Crippen LogP contribution in [0.2, 0.25) is 0 Å². The van der Waals surface area contributed by atoms with Crippen LogP contribution >= 0.6 is 0 Å². The fraction of sp³-hybridized carbons (Fsp3) is 0.105. The van der Waals surface area contributed by atoms with Crippen LogP contribution in [0.5, 0.6) is 5.75 Å². The minimum absolute atomic E-state index is 0.0273. The fourth-order valence-corrected chi connectivity index (χ4v) is 2.83. The van der Waals surface area contributed by atoms with E-state index >= 15 is 0 Å². The van der Waals surface area contributed by atoms with E-state index < -0.39 is 0 Å². The molecule has 0 saturated heterocycles. The number of rotatable bonds is 3. The van der Waals surface area contributed by atoms with Crippen LogP contribution < -0.4 is 15.4 Å². The Morgan fingerprint density at radius 1 is 1.26 bits per heavy atom. The van der Waals surface area contributed by atoms with Crippen molar-refractivity contribution in [2.45, 2.75) is 6.92 Å². The Morgan fingerprint density at radius 2 is 2.04 bits per heavy atom. The van der Waals surface area contributed by atoms with Gasteiger partial charge in [-0.2, -0.15) is 5.10 Å². The lowest BCUT2D eigenvalue weighted by Gasteiger charge is -2.18. The third kappa shape index (κ3) is 3.24. The first-order chi connectivity index (χ1) is 13.0. The summed E-state index contributed by atoms with van der Waals surface area (Å²) in [4.78, 5) is 24.0. The van der Waals surface area contributed by atoms with E-state index in [2.05, 4.69) is 15.7 Å². The molecule has 0 atom stereocenters. The molecule has 2 heterocycles. The van der Waals surface area contributed by atoms with Crippen molar-refractivity contribution < 1.29 is 18.7 Å². The molecule has 0 unspecified atom stereocenters. The van der Waals surface area contributed by atoms with E-state index in [4.69, 9.17) is 4.74 Å². The van der Waals surface area contributed by atoms with Gasteiger partial charge in [0, 0.05) is 5.69 Å². The van der Waals surface area contributed by atoms with Crippen molar-refractivity contribution in [3.8, 4) is 11.4 Å². The number of carbonyl (C=O) groups is 2. The summed E-state index contributed by atoms with van der Waals surface area (Å²) in [5.41, 5.74) is 2.67. The molecule has 0 radical (unpaired) electrons. The molecule has 4 rings (SSSR count). The number of hydrogen-bond acceptors (Lipinski definition) is 4. The molecular formula is C19H15FN4O3. The van der Waals surface area contributed by atoms with Crippen molar-refractivity contribution in [3.05, 3.63) is 65.7 Å². The van der Waals surface area contributed by atoms with E-state index in [1.54, 1.807) is 41.9 Å². The van der Waals surface area contributed by atoms with Gasteiger partial charge in [0.1, 0.15) is 11.6 Å². The summed E-state index contributed by atoms with van der Waals surface area (Å²) in [6.45, 7) is 1.73. The number of anilines is 2. The molecule has 3 aromatic rings. The largest absolute Gasteiger partial charge is 0.482 e. The Labute approximate surface area is 153 Å². The van der Waals surface area contributed by atoms with E-state index in [0.29, 0.717) is 34.1 Å². The molecule has 1 aromatic heterocycles. The lowest BCUT2D eigenvalue weighted by Crippen LogP contribution is -2.25. The number of halogens is 1. The summed E-state index contributed by atoms with van der Waals surface area (Å²) >= 11 is 0. The maximum Gasteiger partial charge on any atom is 0.262 e. The van der Waals surface area contributed by atoms with Gasteiger partial charge in [0.05, 0.1) is 28.8 Å². The van der Waals surface area contributed by atoms with Crippen LogP contribution in [0.3, 0.4) is 0 Å². The van der Waals surface area contributed by atoms with Gasteiger partial charge in [0.25, 0.3) is 11.8 Å². The second-order valence-electron chi connectivity index (χ2n) is 6.03. The lowest BCUT2D eigenvalue weighted by atomic mass is 10.2. The van der Waals surface area contributed by atoms with Gasteiger partial charge < -0.3 is 15.4 Å². The van der Waals surface area contributed by atoms with Crippen LogP contribution in [0.15, 0.2) is 48.7 Å². The first-order valence-corrected chi connectivity index (χ1v) is 8.20. The van der Waals surface area contributed by atoms with Crippen molar-refractivity contribution in [3.63, 3.8) is 0 Å². The third-order valence-corrected chi connectivity index (χ3v) is 4.20. The summed E-state index contributed by atoms with van der Waals surface area (Å²) in [6.07, 6.45) is 1.46. The second-order valence-corrected chi connectivity index (χ2v) is 6.03. The van der Waals surface area contributed by atoms with Crippen LogP contribution in [0.1, 0.15) is 16.1 Å². The zero-order chi connectivity index (χ0) is 19.0. The smallest absolute Gasteiger partial charge is 0.262 e. The van der Waals surface area contributed by atoms with E-state index in [0.717, 1.165) is 0 Å². The van der Waals surface area contributed by atoms with Crippen LogP contribution in [-0.4, -0.2) is 28.2 Å². The summed E-state index contributed by atoms with van der Waals surface area (Å²) in [5.74, 6) is -0.385. The number of nitrogens with one attached hydrogen (secondary N) is 2. The van der Waals surface area contributed by atoms with Crippen molar-refractivity contribution in [1.82, 2.24) is 9.78 Å². The Hall–Kier alpha value is -3.68. The maximum absolute atomic E-state index is 13.1. The molecule has 0 bridgehead atoms. The quantitative estimate of drug-likeness (QED) is 0.746. The van der Waals surface area contributed by atoms with Gasteiger partial charge in [0.2, 0.25) is 0 Å². The molecule has 27 heavy (non-hydrogen) atoms. The van der Waals surface area contributed by atoms with Gasteiger partial charge in [0.15, 0.2) is 6.61 Å². The number of aromatic nitrogens is 2. The predicted octanol–water partition coefficient (Wildman–Crippen LogP) is 2.90. The summed E-state index contributed by atoms with van der Waals surface area (Å²) in [5, 5.41) is 9.69. The fourth-order valence-electron chi connectivity index (χ4n) is 2.83. The molecule has 1 aliphatic rings. The molecule has 2 amide bonds. The normalized spacial score (nSPS) is 12.7. The van der Waals surface area contributed by atoms with E-state index in [1.165, 1.54) is 18.3 Å². The highest BCUT2D eigenvalue weighted by Gasteiger charge is 2.18. The average molecular weight is 366 g/mol. The highest BCUT2D eigenvalue weighted by atomic mass is 19.1. The topological polar surface area (TPSA) is 85.2 Å². The molecule has 2 N–H and O–H groups in total. The first kappa shape index (κ1) is 16.8. The number of hydrogen-bond donors (Lipinski definition) is 2. The maximum atomic E-state index is 13.1. The van der Waals surface area contributed by atoms with Crippen LogP contribution in [0.4, 0.5) is 15.8 Å². The highest BCUT2D eigenvalue weighted by molar-refractivity contribution is 6.05. The van der Waals surface area contributed by atoms with Gasteiger partial charge >= 0.3 is 0 Å². The molecular weight excluding hydrogens is 351 g/mol. The van der Waals surface area contributed by atoms with E-state index in [9.17, 15) is 14.0 Å². The number of nitrogens with zero attached hydrogens (tertiary/aromatic N) is 2. The zero-order valence-electron chi connectivity index (χ0n) is 14.3. The van der Waals surface area contributed by atoms with Crippen molar-refractivity contribution >= 4 is 23.2 Å². The molecule has 2 aromatic carbocycles. The molecule has 0 aliphatic carbocycles. The second kappa shape index (κ2) is 6.56. The molecule has 0 spiro atoms. The number of fused-ring (bicyclic) bond motifs is 1. The Bertz CT molecular complexity index is 1040. The van der Waals surface area contributed by atoms with Crippen LogP contribution in [-0.2, 0) is 4.79 Å². The predicted molar refractivity (Wildman–Crippen MR) is 96.8 cm³/mol. The van der Waals surface area contributed by atoms with Crippen LogP contribution in [0, 0.1) is 12.7 Å². The van der Waals surface area contributed by atoms with E-state index in [1.807, 2.05) is 0 Å². The SMILES string of the molecule is Cc1c(C(=O)Nc2ccc3c(c2)NC(=O)CO3)cnn1-c1ccc(F)cc1. The molecule has 136 valence electrons. The summed E-state index contributed by atoms with van der Waals surface area (Å²) in [7, 11) is 0. The minimum Gasteiger partial charge on any atom is -0.482 e. The highest BCUT2D eigenvalue weighted by Crippen LogP contribution is 2.30. The van der Waals surface area contributed by atoms with Crippen molar-refractivity contribution in [2.24, 2.45) is 0 Å². The lowest BCUT2D eigenvalue weighted by molar-refractivity contribution is -0.118. The molecule has 7 nitrogen and oxygen atoms in total. The number of benzene rings is 2. The van der Waals surface area contributed by atoms with Crippen LogP contribution in [0.25, 0.3) is 5.69 Å². The third-order valence-electron chi connectivity index (χ3n) is 4.20. The van der Waals surface area contributed by atoms with E-state index in [-0.39, 0.29) is 24.2 Å². The summed E-state index contributed by atoms with van der Waals surface area (Å²) in [6, 6.07) is 10.8. The molecule has 8 heteroatoms. The van der Waals surface area contributed by atoms with Gasteiger partial charge in [-0.1, -0.05) is 0 Å². The Balaban J connectivity index is 1.56. The number of amides is 2. The van der Waals surface area contributed by atoms with Gasteiger partial charge in [-0.05, 0) is 49.4 Å². The molecule has 1 aliphatic heterocycles. The van der Waals surface area contributed by atoms with Crippen molar-refractivity contribution in [2.75, 3.05) is 17.2 Å². The molecule has 0 fully saturated rings. The van der Waals surface area contributed by atoms with Crippen molar-refractivity contribution in [1.29, 1.82) is 0 Å². The average Bonchev–Trinajstić information content (AvgIpc) is 3.03. The summed E-state index contributed by atoms with van der Waals surface area (Å²) < 4.78 is 20.0.